The van der Waals surface area contributed by atoms with Gasteiger partial charge in [0.05, 0.1) is 12.7 Å². The van der Waals surface area contributed by atoms with Gasteiger partial charge in [-0.15, -0.1) is 0 Å². The molecule has 0 bridgehead atoms. The van der Waals surface area contributed by atoms with Crippen molar-refractivity contribution in [2.45, 2.75) is 13.1 Å². The molecule has 0 unspecified atom stereocenters. The minimum Gasteiger partial charge on any atom is -0.358 e. The molecule has 3 aromatic heterocycles. The normalized spacial score (nSPS) is 11.1. The topological polar surface area (TPSA) is 81.5 Å². The van der Waals surface area contributed by atoms with Crippen LogP contribution in [0.3, 0.4) is 0 Å². The van der Waals surface area contributed by atoms with Crippen LogP contribution in [0.25, 0.3) is 4.96 Å². The molecule has 0 aliphatic heterocycles. The van der Waals surface area contributed by atoms with Crippen LogP contribution in [0.2, 0.25) is 0 Å². The SMILES string of the molecule is CN(Cc1cnn(Cc2ccccc2)c1)c1nc2sccn2c1[N+](=O)[O-]. The second-order valence-corrected chi connectivity index (χ2v) is 6.83. The van der Waals surface area contributed by atoms with Gasteiger partial charge in [0, 0.05) is 30.7 Å². The van der Waals surface area contributed by atoms with E-state index >= 15 is 0 Å². The summed E-state index contributed by atoms with van der Waals surface area (Å²) in [5.74, 6) is 0.345. The lowest BCUT2D eigenvalue weighted by molar-refractivity contribution is -0.389. The third-order valence-electron chi connectivity index (χ3n) is 4.05. The molecular formula is C17H16N6O2S. The van der Waals surface area contributed by atoms with Gasteiger partial charge in [-0.2, -0.15) is 14.5 Å². The summed E-state index contributed by atoms with van der Waals surface area (Å²) in [4.78, 5) is 17.9. The van der Waals surface area contributed by atoms with Gasteiger partial charge in [-0.25, -0.2) is 0 Å². The van der Waals surface area contributed by atoms with Crippen molar-refractivity contribution in [2.75, 3.05) is 11.9 Å². The molecule has 0 atom stereocenters. The third-order valence-corrected chi connectivity index (χ3v) is 4.80. The summed E-state index contributed by atoms with van der Waals surface area (Å²) >= 11 is 1.37. The number of benzene rings is 1. The molecule has 1 aromatic carbocycles. The maximum atomic E-state index is 11.5. The van der Waals surface area contributed by atoms with Crippen LogP contribution in [0.15, 0.2) is 54.3 Å². The molecule has 0 aliphatic rings. The largest absolute Gasteiger partial charge is 0.373 e. The number of nitrogens with zero attached hydrogens (tertiary/aromatic N) is 6. The fourth-order valence-electron chi connectivity index (χ4n) is 2.88. The fraction of sp³-hybridized carbons (Fsp3) is 0.176. The van der Waals surface area contributed by atoms with E-state index in [0.29, 0.717) is 23.9 Å². The zero-order chi connectivity index (χ0) is 18.1. The van der Waals surface area contributed by atoms with Crippen molar-refractivity contribution in [1.82, 2.24) is 19.2 Å². The smallest absolute Gasteiger partial charge is 0.358 e. The van der Waals surface area contributed by atoms with Crippen LogP contribution in [-0.2, 0) is 13.1 Å². The van der Waals surface area contributed by atoms with Gasteiger partial charge in [-0.05, 0) is 10.5 Å². The molecule has 0 saturated heterocycles. The number of fused-ring (bicyclic) bond motifs is 1. The van der Waals surface area contributed by atoms with E-state index in [1.807, 2.05) is 29.1 Å². The van der Waals surface area contributed by atoms with Crippen LogP contribution in [-0.4, -0.2) is 31.1 Å². The van der Waals surface area contributed by atoms with Gasteiger partial charge < -0.3 is 15.0 Å². The molecule has 132 valence electrons. The van der Waals surface area contributed by atoms with E-state index in [2.05, 4.69) is 22.2 Å². The summed E-state index contributed by atoms with van der Waals surface area (Å²) in [7, 11) is 1.80. The summed E-state index contributed by atoms with van der Waals surface area (Å²) in [6.07, 6.45) is 5.40. The van der Waals surface area contributed by atoms with Crippen molar-refractivity contribution in [3.8, 4) is 0 Å². The lowest BCUT2D eigenvalue weighted by Crippen LogP contribution is -2.17. The molecule has 9 heteroatoms. The van der Waals surface area contributed by atoms with Crippen molar-refractivity contribution in [3.05, 3.63) is 75.5 Å². The van der Waals surface area contributed by atoms with Crippen molar-refractivity contribution < 1.29 is 4.92 Å². The first kappa shape index (κ1) is 16.3. The number of imidazole rings is 1. The number of hydrogen-bond acceptors (Lipinski definition) is 6. The van der Waals surface area contributed by atoms with E-state index in [-0.39, 0.29) is 5.82 Å². The third kappa shape index (κ3) is 3.04. The number of aromatic nitrogens is 4. The van der Waals surface area contributed by atoms with Crippen LogP contribution in [0, 0.1) is 10.1 Å². The summed E-state index contributed by atoms with van der Waals surface area (Å²) in [6, 6.07) is 10.1. The standard InChI is InChI=1S/C17H16N6O2S/c1-20(15-16(23(24)25)22-7-8-26-17(22)19-15)10-14-9-18-21(12-14)11-13-5-3-2-4-6-13/h2-9,12H,10-11H2,1H3. The summed E-state index contributed by atoms with van der Waals surface area (Å²) in [5, 5.41) is 17.6. The minimum atomic E-state index is -0.391. The molecule has 0 saturated carbocycles. The molecule has 0 radical (unpaired) electrons. The zero-order valence-corrected chi connectivity index (χ0v) is 14.8. The maximum Gasteiger partial charge on any atom is 0.373 e. The Morgan fingerprint density at radius 3 is 2.85 bits per heavy atom. The molecule has 0 N–H and O–H groups in total. The average Bonchev–Trinajstić information content (AvgIpc) is 3.31. The first-order valence-electron chi connectivity index (χ1n) is 7.98. The Hall–Kier alpha value is -3.20. The lowest BCUT2D eigenvalue weighted by Gasteiger charge is -2.14. The van der Waals surface area contributed by atoms with Crippen LogP contribution < -0.4 is 4.90 Å². The summed E-state index contributed by atoms with van der Waals surface area (Å²) in [5.41, 5.74) is 2.13. The molecule has 26 heavy (non-hydrogen) atoms. The minimum absolute atomic E-state index is 0.0135. The van der Waals surface area contributed by atoms with Gasteiger partial charge in [0.2, 0.25) is 5.82 Å². The highest BCUT2D eigenvalue weighted by Gasteiger charge is 2.26. The van der Waals surface area contributed by atoms with E-state index in [1.165, 1.54) is 21.3 Å². The number of thiazole rings is 1. The molecule has 8 nitrogen and oxygen atoms in total. The first-order valence-corrected chi connectivity index (χ1v) is 8.86. The molecule has 0 amide bonds. The predicted molar refractivity (Wildman–Crippen MR) is 99.6 cm³/mol. The highest BCUT2D eigenvalue weighted by atomic mass is 32.1. The predicted octanol–water partition coefficient (Wildman–Crippen LogP) is 3.19. The number of rotatable bonds is 6. The average molecular weight is 368 g/mol. The monoisotopic (exact) mass is 368 g/mol. The van der Waals surface area contributed by atoms with Gasteiger partial charge in [-0.1, -0.05) is 41.7 Å². The second-order valence-electron chi connectivity index (χ2n) is 5.96. The lowest BCUT2D eigenvalue weighted by atomic mass is 10.2. The quantitative estimate of drug-likeness (QED) is 0.386. The summed E-state index contributed by atoms with van der Waals surface area (Å²) < 4.78 is 3.37. The molecule has 3 heterocycles. The van der Waals surface area contributed by atoms with Crippen LogP contribution in [0.4, 0.5) is 11.6 Å². The number of anilines is 1. The Labute approximate surface area is 153 Å². The van der Waals surface area contributed by atoms with Crippen molar-refractivity contribution >= 4 is 27.9 Å². The van der Waals surface area contributed by atoms with E-state index in [9.17, 15) is 10.1 Å². The van der Waals surface area contributed by atoms with Crippen LogP contribution in [0.5, 0.6) is 0 Å². The Morgan fingerprint density at radius 2 is 2.08 bits per heavy atom. The molecule has 4 rings (SSSR count). The van der Waals surface area contributed by atoms with Crippen LogP contribution in [0.1, 0.15) is 11.1 Å². The number of nitro groups is 1. The number of hydrogen-bond donors (Lipinski definition) is 0. The van der Waals surface area contributed by atoms with Gasteiger partial charge in [0.1, 0.15) is 6.20 Å². The van der Waals surface area contributed by atoms with Gasteiger partial charge in [-0.3, -0.25) is 4.68 Å². The molecule has 0 spiro atoms. The van der Waals surface area contributed by atoms with Crippen molar-refractivity contribution in [3.63, 3.8) is 0 Å². The van der Waals surface area contributed by atoms with Gasteiger partial charge in [0.15, 0.2) is 0 Å². The molecule has 0 aliphatic carbocycles. The Kier molecular flexibility index (Phi) is 4.13. The highest BCUT2D eigenvalue weighted by Crippen LogP contribution is 2.31. The van der Waals surface area contributed by atoms with Gasteiger partial charge >= 0.3 is 5.82 Å². The van der Waals surface area contributed by atoms with Gasteiger partial charge in [0.25, 0.3) is 4.96 Å². The Bertz CT molecular complexity index is 1050. The molecular weight excluding hydrogens is 352 g/mol. The first-order chi connectivity index (χ1) is 12.6. The summed E-state index contributed by atoms with van der Waals surface area (Å²) in [6.45, 7) is 1.17. The fourth-order valence-corrected chi connectivity index (χ4v) is 3.59. The van der Waals surface area contributed by atoms with E-state index in [4.69, 9.17) is 0 Å². The van der Waals surface area contributed by atoms with Crippen molar-refractivity contribution in [2.24, 2.45) is 0 Å². The Balaban J connectivity index is 1.54. The highest BCUT2D eigenvalue weighted by molar-refractivity contribution is 7.15. The van der Waals surface area contributed by atoms with Crippen LogP contribution >= 0.6 is 11.3 Å². The zero-order valence-electron chi connectivity index (χ0n) is 14.0. The second kappa shape index (κ2) is 6.60. The maximum absolute atomic E-state index is 11.5. The Morgan fingerprint density at radius 1 is 1.27 bits per heavy atom. The van der Waals surface area contributed by atoms with E-state index in [1.54, 1.807) is 29.7 Å². The molecule has 4 aromatic rings. The van der Waals surface area contributed by atoms with E-state index in [0.717, 1.165) is 5.56 Å². The molecule has 0 fully saturated rings. The van der Waals surface area contributed by atoms with Crippen molar-refractivity contribution in [1.29, 1.82) is 0 Å². The van der Waals surface area contributed by atoms with E-state index < -0.39 is 4.92 Å².